The quantitative estimate of drug-likeness (QED) is 0.471. The first-order valence-corrected chi connectivity index (χ1v) is 5.74. The van der Waals surface area contributed by atoms with Crippen molar-refractivity contribution in [3.63, 3.8) is 0 Å². The Bertz CT molecular complexity index is 439. The van der Waals surface area contributed by atoms with Gasteiger partial charge in [-0.1, -0.05) is 23.9 Å². The molecular formula is C9H6NNaO2S2. The van der Waals surface area contributed by atoms with Gasteiger partial charge in [-0.25, -0.2) is 4.98 Å². The minimum atomic E-state index is -1.06. The molecule has 3 nitrogen and oxygen atoms in total. The van der Waals surface area contributed by atoms with E-state index in [4.69, 9.17) is 0 Å². The van der Waals surface area contributed by atoms with E-state index in [1.54, 1.807) is 0 Å². The maximum absolute atomic E-state index is 10.2. The van der Waals surface area contributed by atoms with Crippen molar-refractivity contribution in [2.24, 2.45) is 0 Å². The number of carboxylic acids is 1. The first-order chi connectivity index (χ1) is 6.75. The van der Waals surface area contributed by atoms with Crippen molar-refractivity contribution in [3.8, 4) is 0 Å². The Morgan fingerprint density at radius 1 is 1.47 bits per heavy atom. The van der Waals surface area contributed by atoms with Crippen molar-refractivity contribution in [3.05, 3.63) is 24.3 Å². The summed E-state index contributed by atoms with van der Waals surface area (Å²) in [6.45, 7) is 0. The number of fused-ring (bicyclic) bond motifs is 1. The van der Waals surface area contributed by atoms with Crippen molar-refractivity contribution in [2.75, 3.05) is 5.75 Å². The van der Waals surface area contributed by atoms with Gasteiger partial charge in [0.1, 0.15) is 0 Å². The van der Waals surface area contributed by atoms with Gasteiger partial charge in [-0.05, 0) is 12.1 Å². The van der Waals surface area contributed by atoms with E-state index >= 15 is 0 Å². The molecule has 0 saturated carbocycles. The summed E-state index contributed by atoms with van der Waals surface area (Å²) < 4.78 is 1.85. The number of carboxylic acid groups (broad SMARTS) is 1. The summed E-state index contributed by atoms with van der Waals surface area (Å²) in [5.41, 5.74) is 0.915. The normalized spacial score (nSPS) is 9.87. The Balaban J connectivity index is 0.00000112. The Kier molecular flexibility index (Phi) is 5.08. The average molecular weight is 247 g/mol. The third-order valence-electron chi connectivity index (χ3n) is 1.59. The van der Waals surface area contributed by atoms with Gasteiger partial charge in [-0.3, -0.25) is 0 Å². The van der Waals surface area contributed by atoms with Crippen LogP contribution in [0.15, 0.2) is 28.6 Å². The summed E-state index contributed by atoms with van der Waals surface area (Å²) in [7, 11) is 0. The fraction of sp³-hybridized carbons (Fsp3) is 0.111. The molecule has 1 aromatic heterocycles. The zero-order chi connectivity index (χ0) is 9.97. The van der Waals surface area contributed by atoms with Crippen LogP contribution in [0.5, 0.6) is 0 Å². The van der Waals surface area contributed by atoms with Crippen molar-refractivity contribution >= 4 is 39.3 Å². The number of rotatable bonds is 3. The monoisotopic (exact) mass is 247 g/mol. The average Bonchev–Trinajstić information content (AvgIpc) is 2.57. The van der Waals surface area contributed by atoms with Crippen LogP contribution in [-0.2, 0) is 4.79 Å². The number of aliphatic carboxylic acids is 1. The predicted octanol–water partition coefficient (Wildman–Crippen LogP) is -1.86. The van der Waals surface area contributed by atoms with E-state index in [2.05, 4.69) is 4.98 Å². The second-order valence-corrected chi connectivity index (χ2v) is 4.86. The van der Waals surface area contributed by atoms with E-state index in [-0.39, 0.29) is 35.3 Å². The van der Waals surface area contributed by atoms with E-state index < -0.39 is 5.97 Å². The van der Waals surface area contributed by atoms with Crippen molar-refractivity contribution in [1.29, 1.82) is 0 Å². The van der Waals surface area contributed by atoms with E-state index in [0.29, 0.717) is 0 Å². The summed E-state index contributed by atoms with van der Waals surface area (Å²) >= 11 is 2.70. The molecule has 0 N–H and O–H groups in total. The Morgan fingerprint density at radius 3 is 2.87 bits per heavy atom. The zero-order valence-electron chi connectivity index (χ0n) is 8.10. The molecule has 0 aliphatic carbocycles. The van der Waals surface area contributed by atoms with E-state index in [9.17, 15) is 9.90 Å². The van der Waals surface area contributed by atoms with Crippen LogP contribution < -0.4 is 34.7 Å². The first-order valence-electron chi connectivity index (χ1n) is 3.94. The van der Waals surface area contributed by atoms with E-state index in [0.717, 1.165) is 14.6 Å². The van der Waals surface area contributed by atoms with Gasteiger partial charge < -0.3 is 9.90 Å². The summed E-state index contributed by atoms with van der Waals surface area (Å²) in [4.78, 5) is 14.5. The molecule has 0 unspecified atom stereocenters. The molecule has 0 saturated heterocycles. The van der Waals surface area contributed by atoms with Gasteiger partial charge in [0.2, 0.25) is 0 Å². The number of aromatic nitrogens is 1. The number of thiazole rings is 1. The number of hydrogen-bond donors (Lipinski definition) is 0. The topological polar surface area (TPSA) is 53.0 Å². The van der Waals surface area contributed by atoms with Gasteiger partial charge in [0.15, 0.2) is 4.34 Å². The summed E-state index contributed by atoms with van der Waals surface area (Å²) in [5, 5.41) is 10.2. The van der Waals surface area contributed by atoms with E-state index in [1.165, 1.54) is 23.1 Å². The molecule has 0 aliphatic heterocycles. The van der Waals surface area contributed by atoms with Crippen LogP contribution in [0.25, 0.3) is 10.2 Å². The summed E-state index contributed by atoms with van der Waals surface area (Å²) in [6, 6.07) is 7.73. The smallest absolute Gasteiger partial charge is 0.549 e. The molecule has 1 aromatic carbocycles. The molecule has 0 spiro atoms. The fourth-order valence-corrected chi connectivity index (χ4v) is 2.82. The van der Waals surface area contributed by atoms with Crippen LogP contribution in [0.3, 0.4) is 0 Å². The standard InChI is InChI=1S/C9H7NO2S2.Na/c11-8(12)5-13-9-10-6-3-1-2-4-7(6)14-9;/h1-4H,5H2,(H,11,12);/q;+1/p-1. The van der Waals surface area contributed by atoms with Gasteiger partial charge in [-0.15, -0.1) is 11.3 Å². The van der Waals surface area contributed by atoms with Gasteiger partial charge in [0.05, 0.1) is 16.2 Å². The molecule has 15 heavy (non-hydrogen) atoms. The molecule has 0 atom stereocenters. The molecule has 72 valence electrons. The number of hydrogen-bond acceptors (Lipinski definition) is 5. The molecule has 2 rings (SSSR count). The second kappa shape index (κ2) is 5.86. The number of benzene rings is 1. The van der Waals surface area contributed by atoms with Gasteiger partial charge in [0, 0.05) is 5.75 Å². The molecule has 0 aliphatic rings. The fourth-order valence-electron chi connectivity index (χ4n) is 1.03. The Labute approximate surface area is 117 Å². The van der Waals surface area contributed by atoms with Gasteiger partial charge >= 0.3 is 29.6 Å². The molecule has 0 fully saturated rings. The van der Waals surface area contributed by atoms with Gasteiger partial charge in [-0.2, -0.15) is 0 Å². The minimum Gasteiger partial charge on any atom is -0.549 e. The molecule has 0 radical (unpaired) electrons. The number of carbonyl (C=O) groups excluding carboxylic acids is 1. The van der Waals surface area contributed by atoms with Crippen molar-refractivity contribution in [1.82, 2.24) is 4.98 Å². The van der Waals surface area contributed by atoms with Gasteiger partial charge in [0.25, 0.3) is 0 Å². The second-order valence-electron chi connectivity index (χ2n) is 2.61. The summed E-state index contributed by atoms with van der Waals surface area (Å²) in [5.74, 6) is -1.10. The SMILES string of the molecule is O=C([O-])CSc1nc2ccccc2s1.[Na+]. The number of carbonyl (C=O) groups is 1. The van der Waals surface area contributed by atoms with E-state index in [1.807, 2.05) is 24.3 Å². The van der Waals surface area contributed by atoms with Crippen LogP contribution >= 0.6 is 23.1 Å². The maximum Gasteiger partial charge on any atom is 1.00 e. The third kappa shape index (κ3) is 3.46. The zero-order valence-corrected chi connectivity index (χ0v) is 11.7. The maximum atomic E-state index is 10.2. The van der Waals surface area contributed by atoms with Crippen LogP contribution in [0.4, 0.5) is 0 Å². The first kappa shape index (κ1) is 13.0. The van der Waals surface area contributed by atoms with Crippen LogP contribution in [-0.4, -0.2) is 16.7 Å². The van der Waals surface area contributed by atoms with Crippen LogP contribution in [0.2, 0.25) is 0 Å². The number of para-hydroxylation sites is 1. The van der Waals surface area contributed by atoms with Crippen LogP contribution in [0.1, 0.15) is 0 Å². The summed E-state index contributed by atoms with van der Waals surface area (Å²) in [6.07, 6.45) is 0. The van der Waals surface area contributed by atoms with Crippen molar-refractivity contribution < 1.29 is 39.5 Å². The molecular weight excluding hydrogens is 241 g/mol. The molecule has 0 amide bonds. The molecule has 2 aromatic rings. The largest absolute Gasteiger partial charge is 1.00 e. The molecule has 1 heterocycles. The third-order valence-corrected chi connectivity index (χ3v) is 3.74. The van der Waals surface area contributed by atoms with Crippen molar-refractivity contribution in [2.45, 2.75) is 4.34 Å². The number of nitrogens with zero attached hydrogens (tertiary/aromatic N) is 1. The Hall–Kier alpha value is -0.0700. The Morgan fingerprint density at radius 2 is 2.20 bits per heavy atom. The van der Waals surface area contributed by atoms with Crippen LogP contribution in [0, 0.1) is 0 Å². The molecule has 0 bridgehead atoms. The molecule has 6 heteroatoms. The number of thioether (sulfide) groups is 1. The minimum absolute atomic E-state index is 0. The predicted molar refractivity (Wildman–Crippen MR) is 55.4 cm³/mol.